The molecule has 0 spiro atoms. The Morgan fingerprint density at radius 3 is 2.71 bits per heavy atom. The maximum Gasteiger partial charge on any atom is 0.250 e. The van der Waals surface area contributed by atoms with Crippen LogP contribution in [-0.2, 0) is 10.0 Å². The lowest BCUT2D eigenvalue weighted by molar-refractivity contribution is 0.165. The number of benzene rings is 1. The van der Waals surface area contributed by atoms with Crippen LogP contribution in [0.25, 0.3) is 10.1 Å². The molecule has 0 bridgehead atoms. The van der Waals surface area contributed by atoms with Crippen LogP contribution in [0.5, 0.6) is 0 Å². The van der Waals surface area contributed by atoms with Gasteiger partial charge in [-0.3, -0.25) is 0 Å². The summed E-state index contributed by atoms with van der Waals surface area (Å²) < 4.78 is 28.3. The van der Waals surface area contributed by atoms with Crippen molar-refractivity contribution in [1.29, 1.82) is 0 Å². The number of hydrogen-bond donors (Lipinski definition) is 2. The molecule has 0 radical (unpaired) electrons. The third-order valence-corrected chi connectivity index (χ3v) is 6.33. The van der Waals surface area contributed by atoms with E-state index in [2.05, 4.69) is 4.72 Å². The summed E-state index contributed by atoms with van der Waals surface area (Å²) in [5.74, 6) is 0.0728. The van der Waals surface area contributed by atoms with Gasteiger partial charge in [0.05, 0.1) is 6.10 Å². The lowest BCUT2D eigenvalue weighted by atomic mass is 10.1. The van der Waals surface area contributed by atoms with Gasteiger partial charge in [0.2, 0.25) is 10.0 Å². The predicted octanol–water partition coefficient (Wildman–Crippen LogP) is 3.24. The molecule has 0 aliphatic heterocycles. The molecule has 4 nitrogen and oxygen atoms in total. The lowest BCUT2D eigenvalue weighted by Crippen LogP contribution is -2.29. The first-order valence-corrected chi connectivity index (χ1v) is 9.32. The van der Waals surface area contributed by atoms with Crippen molar-refractivity contribution in [1.82, 2.24) is 4.72 Å². The molecular weight excluding hydrogens is 330 g/mol. The molecule has 1 heterocycles. The van der Waals surface area contributed by atoms with Crippen molar-refractivity contribution in [3.05, 3.63) is 29.3 Å². The fourth-order valence-corrected chi connectivity index (χ4v) is 4.88. The largest absolute Gasteiger partial charge is 0.393 e. The molecular formula is C14H18ClNO3S2. The van der Waals surface area contributed by atoms with Gasteiger partial charge in [0, 0.05) is 16.3 Å². The number of sulfonamides is 1. The van der Waals surface area contributed by atoms with Crippen LogP contribution < -0.4 is 4.72 Å². The molecule has 0 aliphatic carbocycles. The summed E-state index contributed by atoms with van der Waals surface area (Å²) in [5.41, 5.74) is 0. The summed E-state index contributed by atoms with van der Waals surface area (Å²) in [5, 5.41) is 10.7. The number of aliphatic hydroxyl groups excluding tert-OH is 1. The number of halogens is 1. The third-order valence-electron chi connectivity index (χ3n) is 3.09. The highest BCUT2D eigenvalue weighted by molar-refractivity contribution is 7.91. The molecule has 2 aromatic rings. The molecule has 116 valence electrons. The van der Waals surface area contributed by atoms with E-state index in [1.54, 1.807) is 25.1 Å². The van der Waals surface area contributed by atoms with Gasteiger partial charge in [-0.05, 0) is 48.9 Å². The van der Waals surface area contributed by atoms with E-state index in [1.807, 2.05) is 13.0 Å². The van der Waals surface area contributed by atoms with Crippen molar-refractivity contribution < 1.29 is 13.5 Å². The van der Waals surface area contributed by atoms with Gasteiger partial charge in [0.1, 0.15) is 4.21 Å². The maximum atomic E-state index is 12.3. The van der Waals surface area contributed by atoms with Gasteiger partial charge in [-0.2, -0.15) is 0 Å². The molecule has 2 rings (SSSR count). The second kappa shape index (κ2) is 6.62. The number of fused-ring (bicyclic) bond motifs is 1. The zero-order chi connectivity index (χ0) is 15.6. The number of aliphatic hydroxyl groups is 1. The van der Waals surface area contributed by atoms with Crippen molar-refractivity contribution in [2.75, 3.05) is 6.54 Å². The Balaban J connectivity index is 2.14. The summed E-state index contributed by atoms with van der Waals surface area (Å²) in [7, 11) is -3.52. The van der Waals surface area contributed by atoms with Gasteiger partial charge in [-0.1, -0.05) is 18.5 Å². The quantitative estimate of drug-likeness (QED) is 0.843. The van der Waals surface area contributed by atoms with Crippen molar-refractivity contribution in [3.8, 4) is 0 Å². The smallest absolute Gasteiger partial charge is 0.250 e. The molecule has 2 atom stereocenters. The van der Waals surface area contributed by atoms with Crippen LogP contribution in [0.3, 0.4) is 0 Å². The normalized spacial score (nSPS) is 15.2. The lowest BCUT2D eigenvalue weighted by Gasteiger charge is -2.13. The Kier molecular flexibility index (Phi) is 5.27. The molecule has 0 saturated carbocycles. The highest BCUT2D eigenvalue weighted by Crippen LogP contribution is 2.30. The van der Waals surface area contributed by atoms with E-state index in [-0.39, 0.29) is 10.1 Å². The number of rotatable bonds is 6. The Hall–Kier alpha value is -0.660. The molecule has 2 N–H and O–H groups in total. The van der Waals surface area contributed by atoms with E-state index < -0.39 is 16.1 Å². The first kappa shape index (κ1) is 16.7. The molecule has 0 fully saturated rings. The third kappa shape index (κ3) is 4.40. The second-order valence-electron chi connectivity index (χ2n) is 5.29. The van der Waals surface area contributed by atoms with E-state index in [1.165, 1.54) is 11.3 Å². The Morgan fingerprint density at radius 2 is 2.05 bits per heavy atom. The summed E-state index contributed by atoms with van der Waals surface area (Å²) in [6.45, 7) is 3.91. The summed E-state index contributed by atoms with van der Waals surface area (Å²) in [4.78, 5) is 0. The van der Waals surface area contributed by atoms with Gasteiger partial charge in [0.15, 0.2) is 0 Å². The monoisotopic (exact) mass is 347 g/mol. The average Bonchev–Trinajstić information content (AvgIpc) is 2.79. The van der Waals surface area contributed by atoms with Crippen LogP contribution in [-0.4, -0.2) is 26.2 Å². The maximum absolute atomic E-state index is 12.3. The zero-order valence-corrected chi connectivity index (χ0v) is 14.2. The van der Waals surface area contributed by atoms with Crippen LogP contribution in [0.4, 0.5) is 0 Å². The molecule has 0 aliphatic rings. The minimum absolute atomic E-state index is 0.0728. The zero-order valence-electron chi connectivity index (χ0n) is 11.8. The molecule has 0 saturated heterocycles. The average molecular weight is 348 g/mol. The van der Waals surface area contributed by atoms with Crippen molar-refractivity contribution in [3.63, 3.8) is 0 Å². The molecule has 21 heavy (non-hydrogen) atoms. The van der Waals surface area contributed by atoms with Gasteiger partial charge >= 0.3 is 0 Å². The Labute approximate surface area is 133 Å². The summed E-state index contributed by atoms with van der Waals surface area (Å²) in [6, 6.07) is 6.95. The SMILES string of the molecule is CC(O)CC(C)CNS(=O)(=O)c1cc2cc(Cl)ccc2s1. The van der Waals surface area contributed by atoms with Crippen LogP contribution in [0.1, 0.15) is 20.3 Å². The second-order valence-corrected chi connectivity index (χ2v) is 8.80. The fraction of sp³-hybridized carbons (Fsp3) is 0.429. The van der Waals surface area contributed by atoms with Crippen LogP contribution >= 0.6 is 22.9 Å². The van der Waals surface area contributed by atoms with Gasteiger partial charge in [0.25, 0.3) is 0 Å². The van der Waals surface area contributed by atoms with Gasteiger partial charge in [-0.25, -0.2) is 13.1 Å². The van der Waals surface area contributed by atoms with E-state index in [4.69, 9.17) is 11.6 Å². The molecule has 2 unspecified atom stereocenters. The standard InChI is InChI=1S/C14H18ClNO3S2/c1-9(5-10(2)17)8-16-21(18,19)14-7-11-6-12(15)3-4-13(11)20-14/h3-4,6-7,9-10,16-17H,5,8H2,1-2H3. The van der Waals surface area contributed by atoms with Crippen LogP contribution in [0, 0.1) is 5.92 Å². The summed E-state index contributed by atoms with van der Waals surface area (Å²) >= 11 is 7.13. The summed E-state index contributed by atoms with van der Waals surface area (Å²) in [6.07, 6.45) is 0.126. The van der Waals surface area contributed by atoms with E-state index >= 15 is 0 Å². The van der Waals surface area contributed by atoms with Crippen LogP contribution in [0.15, 0.2) is 28.5 Å². The highest BCUT2D eigenvalue weighted by atomic mass is 35.5. The number of nitrogens with one attached hydrogen (secondary N) is 1. The van der Waals surface area contributed by atoms with Crippen molar-refractivity contribution in [2.45, 2.75) is 30.6 Å². The first-order chi connectivity index (χ1) is 9.78. The first-order valence-electron chi connectivity index (χ1n) is 6.65. The highest BCUT2D eigenvalue weighted by Gasteiger charge is 2.18. The van der Waals surface area contributed by atoms with Gasteiger partial charge in [-0.15, -0.1) is 11.3 Å². The van der Waals surface area contributed by atoms with Gasteiger partial charge < -0.3 is 5.11 Å². The molecule has 0 amide bonds. The van der Waals surface area contributed by atoms with E-state index in [0.717, 1.165) is 10.1 Å². The van der Waals surface area contributed by atoms with Crippen LogP contribution in [0.2, 0.25) is 5.02 Å². The van der Waals surface area contributed by atoms with Crippen molar-refractivity contribution in [2.24, 2.45) is 5.92 Å². The number of thiophene rings is 1. The van der Waals surface area contributed by atoms with E-state index in [9.17, 15) is 13.5 Å². The fourth-order valence-electron chi connectivity index (χ4n) is 2.11. The predicted molar refractivity (Wildman–Crippen MR) is 87.5 cm³/mol. The molecule has 1 aromatic carbocycles. The Morgan fingerprint density at radius 1 is 1.33 bits per heavy atom. The minimum atomic E-state index is -3.52. The van der Waals surface area contributed by atoms with Crippen molar-refractivity contribution >= 4 is 43.0 Å². The number of hydrogen-bond acceptors (Lipinski definition) is 4. The molecule has 1 aromatic heterocycles. The minimum Gasteiger partial charge on any atom is -0.393 e. The van der Waals surface area contributed by atoms with E-state index in [0.29, 0.717) is 18.0 Å². The topological polar surface area (TPSA) is 66.4 Å². The molecule has 7 heteroatoms. The Bertz CT molecular complexity index is 725.